The van der Waals surface area contributed by atoms with Crippen molar-refractivity contribution in [3.8, 4) is 0 Å². The molecule has 5 nitrogen and oxygen atoms in total. The zero-order valence-corrected chi connectivity index (χ0v) is 16.8. The highest BCUT2D eigenvalue weighted by molar-refractivity contribution is 6.31. The molecule has 1 atom stereocenters. The first-order valence-electron chi connectivity index (χ1n) is 10.3. The van der Waals surface area contributed by atoms with E-state index in [1.54, 1.807) is 6.07 Å². The lowest BCUT2D eigenvalue weighted by atomic mass is 10.1. The van der Waals surface area contributed by atoms with Crippen LogP contribution in [0.4, 0.5) is 4.39 Å². The standard InChI is InChI=1S/C21H27ClFN3O2/c22-19-12-17(23)6-5-15(19)13-24-7-9-25(10-8-24)21(28)16-11-20(27)26(14-16)18-3-1-2-4-18/h5-6,12,16,18H,1-4,7-11,13-14H2. The molecule has 3 fully saturated rings. The number of hydrogen-bond donors (Lipinski definition) is 0. The van der Waals surface area contributed by atoms with E-state index in [1.165, 1.54) is 25.0 Å². The molecule has 1 aliphatic carbocycles. The second kappa shape index (κ2) is 8.37. The van der Waals surface area contributed by atoms with Crippen molar-refractivity contribution < 1.29 is 14.0 Å². The fourth-order valence-corrected chi connectivity index (χ4v) is 4.97. The third kappa shape index (κ3) is 4.18. The van der Waals surface area contributed by atoms with Crippen LogP contribution in [0.25, 0.3) is 0 Å². The molecular weight excluding hydrogens is 381 g/mol. The van der Waals surface area contributed by atoms with Gasteiger partial charge in [0.25, 0.3) is 0 Å². The van der Waals surface area contributed by atoms with Crippen molar-refractivity contribution in [2.45, 2.75) is 44.7 Å². The van der Waals surface area contributed by atoms with Crippen LogP contribution in [0.2, 0.25) is 5.02 Å². The van der Waals surface area contributed by atoms with Crippen molar-refractivity contribution >= 4 is 23.4 Å². The van der Waals surface area contributed by atoms with Crippen molar-refractivity contribution in [3.63, 3.8) is 0 Å². The number of rotatable bonds is 4. The second-order valence-electron chi connectivity index (χ2n) is 8.22. The van der Waals surface area contributed by atoms with E-state index in [0.29, 0.717) is 43.7 Å². The van der Waals surface area contributed by atoms with Gasteiger partial charge in [-0.05, 0) is 30.5 Å². The lowest BCUT2D eigenvalue weighted by Gasteiger charge is -2.36. The number of benzene rings is 1. The van der Waals surface area contributed by atoms with Crippen LogP contribution < -0.4 is 0 Å². The topological polar surface area (TPSA) is 43.9 Å². The number of piperazine rings is 1. The highest BCUT2D eigenvalue weighted by atomic mass is 35.5. The Morgan fingerprint density at radius 2 is 1.86 bits per heavy atom. The molecular formula is C21H27ClFN3O2. The van der Waals surface area contributed by atoms with Gasteiger partial charge in [-0.1, -0.05) is 30.5 Å². The van der Waals surface area contributed by atoms with Crippen LogP contribution in [0.1, 0.15) is 37.7 Å². The number of carbonyl (C=O) groups is 2. The molecule has 1 aromatic rings. The van der Waals surface area contributed by atoms with Gasteiger partial charge in [-0.15, -0.1) is 0 Å². The van der Waals surface area contributed by atoms with Crippen LogP contribution in [0, 0.1) is 11.7 Å². The summed E-state index contributed by atoms with van der Waals surface area (Å²) in [5.41, 5.74) is 0.899. The summed E-state index contributed by atoms with van der Waals surface area (Å²) in [4.78, 5) is 31.4. The van der Waals surface area contributed by atoms with Gasteiger partial charge in [0.05, 0.1) is 5.92 Å². The third-order valence-electron chi connectivity index (χ3n) is 6.37. The number of likely N-dealkylation sites (tertiary alicyclic amines) is 1. The van der Waals surface area contributed by atoms with Gasteiger partial charge < -0.3 is 9.80 Å². The number of carbonyl (C=O) groups excluding carboxylic acids is 2. The van der Waals surface area contributed by atoms with Crippen LogP contribution in [0.3, 0.4) is 0 Å². The normalized spacial score (nSPS) is 24.4. The quantitative estimate of drug-likeness (QED) is 0.770. The Bertz CT molecular complexity index is 745. The Morgan fingerprint density at radius 3 is 2.54 bits per heavy atom. The smallest absolute Gasteiger partial charge is 0.228 e. The summed E-state index contributed by atoms with van der Waals surface area (Å²) in [5.74, 6) is -0.253. The van der Waals surface area contributed by atoms with E-state index < -0.39 is 0 Å². The fourth-order valence-electron chi connectivity index (χ4n) is 4.74. The molecule has 1 unspecified atom stereocenters. The van der Waals surface area contributed by atoms with Crippen molar-refractivity contribution in [2.75, 3.05) is 32.7 Å². The van der Waals surface area contributed by atoms with Crippen molar-refractivity contribution in [1.82, 2.24) is 14.7 Å². The summed E-state index contributed by atoms with van der Waals surface area (Å²) in [5, 5.41) is 0.440. The molecule has 0 radical (unpaired) electrons. The molecule has 3 aliphatic rings. The fraction of sp³-hybridized carbons (Fsp3) is 0.619. The lowest BCUT2D eigenvalue weighted by molar-refractivity contribution is -0.137. The molecule has 7 heteroatoms. The number of halogens is 2. The van der Waals surface area contributed by atoms with Crippen LogP contribution in [0.15, 0.2) is 18.2 Å². The molecule has 2 amide bonds. The molecule has 2 saturated heterocycles. The minimum Gasteiger partial charge on any atom is -0.340 e. The van der Waals surface area contributed by atoms with Gasteiger partial charge in [-0.2, -0.15) is 0 Å². The average Bonchev–Trinajstić information content (AvgIpc) is 3.33. The first-order valence-corrected chi connectivity index (χ1v) is 10.6. The predicted octanol–water partition coefficient (Wildman–Crippen LogP) is 2.91. The van der Waals surface area contributed by atoms with Crippen LogP contribution in [-0.2, 0) is 16.1 Å². The van der Waals surface area contributed by atoms with Gasteiger partial charge >= 0.3 is 0 Å². The SMILES string of the molecule is O=C(C1CC(=O)N(C2CCCC2)C1)N1CCN(Cc2ccc(F)cc2Cl)CC1. The largest absolute Gasteiger partial charge is 0.340 e. The minimum absolute atomic E-state index is 0.119. The molecule has 0 N–H and O–H groups in total. The monoisotopic (exact) mass is 407 g/mol. The summed E-state index contributed by atoms with van der Waals surface area (Å²) in [6, 6.07) is 4.83. The Morgan fingerprint density at radius 1 is 1.14 bits per heavy atom. The van der Waals surface area contributed by atoms with Gasteiger partial charge in [-0.3, -0.25) is 14.5 Å². The first kappa shape index (κ1) is 19.6. The Hall–Kier alpha value is -1.66. The van der Waals surface area contributed by atoms with Crippen LogP contribution >= 0.6 is 11.6 Å². The Balaban J connectivity index is 1.29. The van der Waals surface area contributed by atoms with Crippen LogP contribution in [0.5, 0.6) is 0 Å². The maximum atomic E-state index is 13.2. The maximum Gasteiger partial charge on any atom is 0.228 e. The van der Waals surface area contributed by atoms with Crippen molar-refractivity contribution in [1.29, 1.82) is 0 Å². The van der Waals surface area contributed by atoms with Gasteiger partial charge in [0.2, 0.25) is 11.8 Å². The molecule has 0 bridgehead atoms. The highest BCUT2D eigenvalue weighted by Gasteiger charge is 2.40. The molecule has 28 heavy (non-hydrogen) atoms. The second-order valence-corrected chi connectivity index (χ2v) is 8.63. The number of nitrogens with zero attached hydrogens (tertiary/aromatic N) is 3. The van der Waals surface area contributed by atoms with Crippen LogP contribution in [-0.4, -0.2) is 65.3 Å². The van der Waals surface area contributed by atoms with E-state index in [2.05, 4.69) is 4.90 Å². The number of amides is 2. The van der Waals surface area contributed by atoms with Crippen molar-refractivity contribution in [2.24, 2.45) is 5.92 Å². The van der Waals surface area contributed by atoms with Gasteiger partial charge in [0, 0.05) is 56.8 Å². The van der Waals surface area contributed by atoms with E-state index in [0.717, 1.165) is 31.5 Å². The van der Waals surface area contributed by atoms with Gasteiger partial charge in [0.1, 0.15) is 5.82 Å². The summed E-state index contributed by atoms with van der Waals surface area (Å²) in [7, 11) is 0. The lowest BCUT2D eigenvalue weighted by Crippen LogP contribution is -2.50. The van der Waals surface area contributed by atoms with Crippen molar-refractivity contribution in [3.05, 3.63) is 34.6 Å². The first-order chi connectivity index (χ1) is 13.5. The summed E-state index contributed by atoms with van der Waals surface area (Å²) in [6.07, 6.45) is 4.90. The zero-order valence-electron chi connectivity index (χ0n) is 16.1. The minimum atomic E-state index is -0.332. The molecule has 152 valence electrons. The zero-order chi connectivity index (χ0) is 19.7. The summed E-state index contributed by atoms with van der Waals surface area (Å²) < 4.78 is 13.2. The molecule has 1 aromatic carbocycles. The molecule has 2 aliphatic heterocycles. The number of hydrogen-bond acceptors (Lipinski definition) is 3. The van der Waals surface area contributed by atoms with E-state index in [9.17, 15) is 14.0 Å². The van der Waals surface area contributed by atoms with Gasteiger partial charge in [0.15, 0.2) is 0 Å². The third-order valence-corrected chi connectivity index (χ3v) is 6.72. The van der Waals surface area contributed by atoms with E-state index in [-0.39, 0.29) is 23.5 Å². The molecule has 1 saturated carbocycles. The molecule has 4 rings (SSSR count). The molecule has 2 heterocycles. The van der Waals surface area contributed by atoms with Gasteiger partial charge in [-0.25, -0.2) is 4.39 Å². The Labute approximate surface area is 170 Å². The summed E-state index contributed by atoms with van der Waals surface area (Å²) >= 11 is 6.13. The van der Waals surface area contributed by atoms with E-state index >= 15 is 0 Å². The predicted molar refractivity (Wildman–Crippen MR) is 105 cm³/mol. The average molecular weight is 408 g/mol. The Kier molecular flexibility index (Phi) is 5.88. The molecule has 0 aromatic heterocycles. The summed E-state index contributed by atoms with van der Waals surface area (Å²) in [6.45, 7) is 4.07. The van der Waals surface area contributed by atoms with E-state index in [4.69, 9.17) is 11.6 Å². The maximum absolute atomic E-state index is 13.2. The molecule has 0 spiro atoms. The van der Waals surface area contributed by atoms with E-state index in [1.807, 2.05) is 9.80 Å². The highest BCUT2D eigenvalue weighted by Crippen LogP contribution is 2.30.